The van der Waals surface area contributed by atoms with Gasteiger partial charge in [0.25, 0.3) is 0 Å². The van der Waals surface area contributed by atoms with Crippen LogP contribution in [0.2, 0.25) is 0 Å². The summed E-state index contributed by atoms with van der Waals surface area (Å²) < 4.78 is 0. The van der Waals surface area contributed by atoms with Crippen LogP contribution in [0.5, 0.6) is 0 Å². The fraction of sp³-hybridized carbons (Fsp3) is 0.533. The van der Waals surface area contributed by atoms with Crippen molar-refractivity contribution < 1.29 is 0 Å². The van der Waals surface area contributed by atoms with E-state index in [-0.39, 0.29) is 0 Å². The van der Waals surface area contributed by atoms with Crippen molar-refractivity contribution >= 4 is 0 Å². The molecule has 96 valence electrons. The molecule has 18 heavy (non-hydrogen) atoms. The lowest BCUT2D eigenvalue weighted by Gasteiger charge is -2.34. The number of rotatable bonds is 4. The van der Waals surface area contributed by atoms with Gasteiger partial charge in [-0.25, -0.2) is 0 Å². The number of benzene rings is 1. The molecule has 1 atom stereocenters. The predicted molar refractivity (Wildman–Crippen MR) is 73.1 cm³/mol. The summed E-state index contributed by atoms with van der Waals surface area (Å²) in [7, 11) is 0. The van der Waals surface area contributed by atoms with E-state index in [1.54, 1.807) is 0 Å². The minimum absolute atomic E-state index is 0.652. The predicted octanol–water partition coefficient (Wildman–Crippen LogP) is 2.13. The summed E-state index contributed by atoms with van der Waals surface area (Å²) in [5, 5.41) is 12.3. The van der Waals surface area contributed by atoms with E-state index in [0.717, 1.165) is 31.7 Å². The average molecular weight is 243 g/mol. The van der Waals surface area contributed by atoms with Crippen LogP contribution in [0.15, 0.2) is 24.3 Å². The zero-order chi connectivity index (χ0) is 12.8. The van der Waals surface area contributed by atoms with Crippen molar-refractivity contribution in [2.24, 2.45) is 0 Å². The molecule has 1 saturated heterocycles. The first-order valence-corrected chi connectivity index (χ1v) is 6.77. The summed E-state index contributed by atoms with van der Waals surface area (Å²) in [6, 6.07) is 10.8. The number of nitrogens with zero attached hydrogens (tertiary/aromatic N) is 2. The van der Waals surface area contributed by atoms with Gasteiger partial charge in [0.15, 0.2) is 0 Å². The molecule has 2 rings (SSSR count). The van der Waals surface area contributed by atoms with Crippen molar-refractivity contribution in [1.82, 2.24) is 10.2 Å². The fourth-order valence-corrected chi connectivity index (χ4v) is 2.56. The molecule has 1 fully saturated rings. The van der Waals surface area contributed by atoms with E-state index in [9.17, 15) is 0 Å². The van der Waals surface area contributed by atoms with E-state index in [4.69, 9.17) is 5.26 Å². The molecule has 0 amide bonds. The smallest absolute Gasteiger partial charge is 0.0991 e. The van der Waals surface area contributed by atoms with E-state index in [1.165, 1.54) is 18.4 Å². The standard InChI is InChI=1S/C15H21N3/c1-2-18(15-4-3-9-17-11-15)12-14-7-5-13(10-16)6-8-14/h5-8,15,17H,2-4,9,11-12H2,1H3. The Kier molecular flexibility index (Phi) is 4.74. The van der Waals surface area contributed by atoms with Crippen molar-refractivity contribution in [2.45, 2.75) is 32.4 Å². The molecule has 1 unspecified atom stereocenters. The van der Waals surface area contributed by atoms with E-state index in [0.29, 0.717) is 6.04 Å². The maximum Gasteiger partial charge on any atom is 0.0991 e. The summed E-state index contributed by atoms with van der Waals surface area (Å²) in [5.74, 6) is 0. The topological polar surface area (TPSA) is 39.1 Å². The minimum Gasteiger partial charge on any atom is -0.315 e. The van der Waals surface area contributed by atoms with E-state index in [1.807, 2.05) is 12.1 Å². The molecule has 1 heterocycles. The Hall–Kier alpha value is -1.37. The van der Waals surface area contributed by atoms with E-state index >= 15 is 0 Å². The summed E-state index contributed by atoms with van der Waals surface area (Å²) >= 11 is 0. The van der Waals surface area contributed by atoms with E-state index in [2.05, 4.69) is 35.3 Å². The molecule has 1 aliphatic heterocycles. The van der Waals surface area contributed by atoms with Crippen molar-refractivity contribution in [3.63, 3.8) is 0 Å². The summed E-state index contributed by atoms with van der Waals surface area (Å²) in [4.78, 5) is 2.52. The van der Waals surface area contributed by atoms with Gasteiger partial charge in [0, 0.05) is 19.1 Å². The third-order valence-electron chi connectivity index (χ3n) is 3.66. The lowest BCUT2D eigenvalue weighted by molar-refractivity contribution is 0.166. The van der Waals surface area contributed by atoms with Crippen molar-refractivity contribution in [1.29, 1.82) is 5.26 Å². The van der Waals surface area contributed by atoms with Crippen LogP contribution in [-0.4, -0.2) is 30.6 Å². The Bertz CT molecular complexity index is 399. The molecule has 1 aromatic rings. The van der Waals surface area contributed by atoms with Gasteiger partial charge in [0.1, 0.15) is 0 Å². The number of hydrogen-bond acceptors (Lipinski definition) is 3. The monoisotopic (exact) mass is 243 g/mol. The van der Waals surface area contributed by atoms with Crippen LogP contribution in [0, 0.1) is 11.3 Å². The van der Waals surface area contributed by atoms with Gasteiger partial charge in [0.2, 0.25) is 0 Å². The zero-order valence-electron chi connectivity index (χ0n) is 11.0. The Morgan fingerprint density at radius 3 is 2.72 bits per heavy atom. The van der Waals surface area contributed by atoms with Gasteiger partial charge < -0.3 is 5.32 Å². The van der Waals surface area contributed by atoms with Crippen LogP contribution >= 0.6 is 0 Å². The lowest BCUT2D eigenvalue weighted by atomic mass is 10.0. The molecule has 1 aromatic carbocycles. The van der Waals surface area contributed by atoms with Gasteiger partial charge in [-0.2, -0.15) is 5.26 Å². The van der Waals surface area contributed by atoms with Crippen LogP contribution in [0.1, 0.15) is 30.9 Å². The SMILES string of the molecule is CCN(Cc1ccc(C#N)cc1)C1CCCNC1. The molecule has 3 nitrogen and oxygen atoms in total. The normalized spacial score (nSPS) is 19.7. The van der Waals surface area contributed by atoms with Crippen molar-refractivity contribution in [3.8, 4) is 6.07 Å². The fourth-order valence-electron chi connectivity index (χ4n) is 2.56. The zero-order valence-corrected chi connectivity index (χ0v) is 11.0. The number of nitriles is 1. The van der Waals surface area contributed by atoms with Gasteiger partial charge >= 0.3 is 0 Å². The molecule has 1 aliphatic rings. The molecule has 0 spiro atoms. The first-order valence-electron chi connectivity index (χ1n) is 6.77. The third-order valence-corrected chi connectivity index (χ3v) is 3.66. The number of likely N-dealkylation sites (N-methyl/N-ethyl adjacent to an activating group) is 1. The largest absolute Gasteiger partial charge is 0.315 e. The first kappa shape index (κ1) is 13.1. The molecular weight excluding hydrogens is 222 g/mol. The van der Waals surface area contributed by atoms with Gasteiger partial charge in [-0.3, -0.25) is 4.90 Å². The Morgan fingerprint density at radius 1 is 1.39 bits per heavy atom. The van der Waals surface area contributed by atoms with E-state index < -0.39 is 0 Å². The third kappa shape index (κ3) is 3.32. The van der Waals surface area contributed by atoms with Crippen LogP contribution in [0.4, 0.5) is 0 Å². The number of nitrogens with one attached hydrogen (secondary N) is 1. The average Bonchev–Trinajstić information content (AvgIpc) is 2.46. The highest BCUT2D eigenvalue weighted by molar-refractivity contribution is 5.31. The minimum atomic E-state index is 0.652. The first-order chi connectivity index (χ1) is 8.83. The number of piperidine rings is 1. The highest BCUT2D eigenvalue weighted by atomic mass is 15.2. The Balaban J connectivity index is 1.98. The summed E-state index contributed by atoms with van der Waals surface area (Å²) in [5.41, 5.74) is 2.03. The number of hydrogen-bond donors (Lipinski definition) is 1. The van der Waals surface area contributed by atoms with Crippen molar-refractivity contribution in [3.05, 3.63) is 35.4 Å². The molecule has 0 aliphatic carbocycles. The second-order valence-corrected chi connectivity index (χ2v) is 4.87. The molecule has 0 radical (unpaired) electrons. The molecular formula is C15H21N3. The molecule has 0 aromatic heterocycles. The highest BCUT2D eigenvalue weighted by Gasteiger charge is 2.19. The lowest BCUT2D eigenvalue weighted by Crippen LogP contribution is -2.45. The van der Waals surface area contributed by atoms with Crippen LogP contribution in [-0.2, 0) is 6.54 Å². The molecule has 1 N–H and O–H groups in total. The Labute approximate surface area is 109 Å². The van der Waals surface area contributed by atoms with Gasteiger partial charge in [0.05, 0.1) is 11.6 Å². The van der Waals surface area contributed by atoms with Crippen LogP contribution in [0.3, 0.4) is 0 Å². The molecule has 3 heteroatoms. The van der Waals surface area contributed by atoms with Gasteiger partial charge in [-0.1, -0.05) is 19.1 Å². The van der Waals surface area contributed by atoms with Gasteiger partial charge in [-0.15, -0.1) is 0 Å². The highest BCUT2D eigenvalue weighted by Crippen LogP contribution is 2.14. The van der Waals surface area contributed by atoms with Gasteiger partial charge in [-0.05, 0) is 43.6 Å². The summed E-state index contributed by atoms with van der Waals surface area (Å²) in [6.07, 6.45) is 2.56. The maximum absolute atomic E-state index is 8.79. The quantitative estimate of drug-likeness (QED) is 0.880. The van der Waals surface area contributed by atoms with Crippen molar-refractivity contribution in [2.75, 3.05) is 19.6 Å². The van der Waals surface area contributed by atoms with Crippen LogP contribution < -0.4 is 5.32 Å². The summed E-state index contributed by atoms with van der Waals surface area (Å²) in [6.45, 7) is 6.54. The second kappa shape index (κ2) is 6.53. The molecule has 0 bridgehead atoms. The maximum atomic E-state index is 8.79. The van der Waals surface area contributed by atoms with Crippen LogP contribution in [0.25, 0.3) is 0 Å². The molecule has 0 saturated carbocycles. The Morgan fingerprint density at radius 2 is 2.17 bits per heavy atom. The second-order valence-electron chi connectivity index (χ2n) is 4.87.